The van der Waals surface area contributed by atoms with Gasteiger partial charge in [0.1, 0.15) is 5.78 Å². The molecule has 4 heteroatoms. The average molecular weight is 322 g/mol. The highest BCUT2D eigenvalue weighted by Gasteiger charge is 2.67. The van der Waals surface area contributed by atoms with Gasteiger partial charge in [-0.15, -0.1) is 0 Å². The Morgan fingerprint density at radius 2 is 1.87 bits per heavy atom. The molecule has 7 atom stereocenters. The van der Waals surface area contributed by atoms with E-state index in [2.05, 4.69) is 6.92 Å². The topological polar surface area (TPSA) is 77.8 Å². The number of Topliss-reactive ketones (excluding diaryl/α,β-unsaturated/α-hetero) is 1. The van der Waals surface area contributed by atoms with Crippen molar-refractivity contribution in [2.75, 3.05) is 6.61 Å². The summed E-state index contributed by atoms with van der Waals surface area (Å²) in [7, 11) is 0. The van der Waals surface area contributed by atoms with E-state index in [-0.39, 0.29) is 17.9 Å². The van der Waals surface area contributed by atoms with Gasteiger partial charge in [0, 0.05) is 17.3 Å². The largest absolute Gasteiger partial charge is 0.396 e. The Labute approximate surface area is 138 Å². The minimum Gasteiger partial charge on any atom is -0.396 e. The average Bonchev–Trinajstić information content (AvgIpc) is 2.84. The molecule has 0 saturated heterocycles. The minimum absolute atomic E-state index is 0.0426. The maximum absolute atomic E-state index is 12.4. The van der Waals surface area contributed by atoms with Crippen LogP contribution in [0.25, 0.3) is 0 Å². The van der Waals surface area contributed by atoms with Crippen molar-refractivity contribution in [2.24, 2.45) is 28.6 Å². The third-order valence-corrected chi connectivity index (χ3v) is 8.51. The Balaban J connectivity index is 1.73. The van der Waals surface area contributed by atoms with Crippen LogP contribution in [-0.4, -0.2) is 39.4 Å². The Hall–Kier alpha value is -0.450. The summed E-state index contributed by atoms with van der Waals surface area (Å²) in [4.78, 5) is 12.4. The monoisotopic (exact) mass is 322 g/mol. The van der Waals surface area contributed by atoms with Gasteiger partial charge in [-0.1, -0.05) is 13.3 Å². The van der Waals surface area contributed by atoms with Gasteiger partial charge in [0.05, 0.1) is 18.3 Å². The normalized spacial score (nSPS) is 55.9. The predicted molar refractivity (Wildman–Crippen MR) is 85.6 cm³/mol. The van der Waals surface area contributed by atoms with Crippen LogP contribution in [0.4, 0.5) is 0 Å². The molecule has 0 aromatic heterocycles. The molecule has 0 heterocycles. The summed E-state index contributed by atoms with van der Waals surface area (Å²) < 4.78 is 0. The second-order valence-electron chi connectivity index (χ2n) is 8.98. The number of hydrogen-bond donors (Lipinski definition) is 3. The molecule has 4 nitrogen and oxygen atoms in total. The molecule has 0 bridgehead atoms. The highest BCUT2D eigenvalue weighted by molar-refractivity contribution is 5.87. The van der Waals surface area contributed by atoms with E-state index in [0.717, 1.165) is 38.5 Å². The van der Waals surface area contributed by atoms with Gasteiger partial charge in [-0.3, -0.25) is 4.79 Å². The summed E-state index contributed by atoms with van der Waals surface area (Å²) in [5.41, 5.74) is -1.89. The fourth-order valence-corrected chi connectivity index (χ4v) is 7.19. The first-order valence-corrected chi connectivity index (χ1v) is 9.44. The van der Waals surface area contributed by atoms with Gasteiger partial charge in [0.2, 0.25) is 0 Å². The summed E-state index contributed by atoms with van der Waals surface area (Å²) in [6, 6.07) is 0. The first-order chi connectivity index (χ1) is 10.9. The Morgan fingerprint density at radius 1 is 1.09 bits per heavy atom. The lowest BCUT2D eigenvalue weighted by Crippen LogP contribution is -2.68. The van der Waals surface area contributed by atoms with Gasteiger partial charge >= 0.3 is 0 Å². The van der Waals surface area contributed by atoms with Crippen LogP contribution in [0.15, 0.2) is 0 Å². The zero-order chi connectivity index (χ0) is 16.5. The summed E-state index contributed by atoms with van der Waals surface area (Å²) in [6.45, 7) is 2.10. The van der Waals surface area contributed by atoms with Gasteiger partial charge in [0.25, 0.3) is 0 Å². The molecule has 23 heavy (non-hydrogen) atoms. The molecule has 0 spiro atoms. The molecule has 0 aromatic rings. The number of ketones is 1. The highest BCUT2D eigenvalue weighted by Crippen LogP contribution is 2.66. The van der Waals surface area contributed by atoms with Crippen molar-refractivity contribution in [3.8, 4) is 0 Å². The van der Waals surface area contributed by atoms with Crippen LogP contribution in [-0.2, 0) is 4.79 Å². The molecule has 0 unspecified atom stereocenters. The number of fused-ring (bicyclic) bond motifs is 5. The van der Waals surface area contributed by atoms with E-state index in [9.17, 15) is 20.1 Å². The molecule has 4 aliphatic rings. The van der Waals surface area contributed by atoms with E-state index >= 15 is 0 Å². The van der Waals surface area contributed by atoms with Gasteiger partial charge in [-0.2, -0.15) is 0 Å². The van der Waals surface area contributed by atoms with E-state index < -0.39 is 17.1 Å². The van der Waals surface area contributed by atoms with Crippen molar-refractivity contribution in [1.29, 1.82) is 0 Å². The number of hydrogen-bond acceptors (Lipinski definition) is 4. The predicted octanol–water partition coefficient (Wildman–Crippen LogP) is 2.05. The first-order valence-electron chi connectivity index (χ1n) is 9.44. The van der Waals surface area contributed by atoms with Crippen molar-refractivity contribution in [3.63, 3.8) is 0 Å². The molecular formula is C19H30O4. The van der Waals surface area contributed by atoms with Crippen LogP contribution in [0.2, 0.25) is 0 Å². The molecule has 4 saturated carbocycles. The molecule has 0 aliphatic heterocycles. The number of aliphatic hydroxyl groups excluding tert-OH is 2. The highest BCUT2D eigenvalue weighted by atomic mass is 16.3. The lowest BCUT2D eigenvalue weighted by Gasteiger charge is -2.64. The van der Waals surface area contributed by atoms with Gasteiger partial charge < -0.3 is 15.3 Å². The van der Waals surface area contributed by atoms with E-state index in [1.54, 1.807) is 0 Å². The maximum Gasteiger partial charge on any atom is 0.139 e. The summed E-state index contributed by atoms with van der Waals surface area (Å²) in [5.74, 6) is 1.48. The Bertz CT molecular complexity index is 519. The van der Waals surface area contributed by atoms with Crippen molar-refractivity contribution >= 4 is 5.78 Å². The van der Waals surface area contributed by atoms with Crippen molar-refractivity contribution < 1.29 is 20.1 Å². The standard InChI is InChI=1S/C19H30O4/c1-17-9-7-14-12(13(17)4-5-15(17)21)6-10-19(23)16(22)3-2-8-18(14,19)11-20/h12-14,16,20,22-23H,2-11H2,1H3/t12-,13-,14-,16-,17-,18-,19+/m0/s1. The Morgan fingerprint density at radius 3 is 2.61 bits per heavy atom. The molecule has 0 radical (unpaired) electrons. The smallest absolute Gasteiger partial charge is 0.139 e. The van der Waals surface area contributed by atoms with Crippen molar-refractivity contribution in [2.45, 2.75) is 76.4 Å². The van der Waals surface area contributed by atoms with Crippen LogP contribution < -0.4 is 0 Å². The fourth-order valence-electron chi connectivity index (χ4n) is 7.19. The van der Waals surface area contributed by atoms with Crippen LogP contribution >= 0.6 is 0 Å². The zero-order valence-electron chi connectivity index (χ0n) is 14.1. The minimum atomic E-state index is -1.14. The zero-order valence-corrected chi connectivity index (χ0v) is 14.1. The number of aliphatic hydroxyl groups is 3. The molecule has 130 valence electrons. The van der Waals surface area contributed by atoms with E-state index in [1.807, 2.05) is 0 Å². The molecule has 4 rings (SSSR count). The van der Waals surface area contributed by atoms with Crippen LogP contribution in [0.3, 0.4) is 0 Å². The van der Waals surface area contributed by atoms with E-state index in [1.165, 1.54) is 0 Å². The summed E-state index contributed by atoms with van der Waals surface area (Å²) >= 11 is 0. The van der Waals surface area contributed by atoms with E-state index in [0.29, 0.717) is 36.9 Å². The van der Waals surface area contributed by atoms with Crippen LogP contribution in [0.1, 0.15) is 64.7 Å². The number of carbonyl (C=O) groups is 1. The first kappa shape index (κ1) is 16.0. The van der Waals surface area contributed by atoms with Crippen LogP contribution in [0.5, 0.6) is 0 Å². The number of rotatable bonds is 1. The quantitative estimate of drug-likeness (QED) is 0.690. The van der Waals surface area contributed by atoms with Gasteiger partial charge in [-0.05, 0) is 62.7 Å². The summed E-state index contributed by atoms with van der Waals surface area (Å²) in [5, 5.41) is 32.2. The van der Waals surface area contributed by atoms with Crippen molar-refractivity contribution in [1.82, 2.24) is 0 Å². The molecule has 0 amide bonds. The third-order valence-electron chi connectivity index (χ3n) is 8.51. The lowest BCUT2D eigenvalue weighted by molar-refractivity contribution is -0.261. The third kappa shape index (κ3) is 1.81. The molecule has 3 N–H and O–H groups in total. The SMILES string of the molecule is C[C@]12CC[C@H]3[C@@H](CC[C@@]4(O)[C@@H](O)CCC[C@]34CO)[C@@H]1CCC2=O. The summed E-state index contributed by atoms with van der Waals surface area (Å²) in [6.07, 6.45) is 6.48. The molecule has 4 aliphatic carbocycles. The Kier molecular flexibility index (Phi) is 3.51. The lowest BCUT2D eigenvalue weighted by atomic mass is 9.43. The molecule has 0 aromatic carbocycles. The fraction of sp³-hybridized carbons (Fsp3) is 0.947. The van der Waals surface area contributed by atoms with Crippen molar-refractivity contribution in [3.05, 3.63) is 0 Å². The van der Waals surface area contributed by atoms with Gasteiger partial charge in [-0.25, -0.2) is 0 Å². The molecular weight excluding hydrogens is 292 g/mol. The maximum atomic E-state index is 12.4. The van der Waals surface area contributed by atoms with E-state index in [4.69, 9.17) is 0 Å². The second kappa shape index (κ2) is 5.03. The van der Waals surface area contributed by atoms with Crippen LogP contribution in [0, 0.1) is 28.6 Å². The second-order valence-corrected chi connectivity index (χ2v) is 8.98. The molecule has 4 fully saturated rings. The van der Waals surface area contributed by atoms with Gasteiger partial charge in [0.15, 0.2) is 0 Å². The number of carbonyl (C=O) groups excluding carboxylic acids is 1.